The number of amides is 2. The summed E-state index contributed by atoms with van der Waals surface area (Å²) in [4.78, 5) is 78.8. The summed E-state index contributed by atoms with van der Waals surface area (Å²) in [5, 5.41) is 29.6. The molecule has 0 radical (unpaired) electrons. The van der Waals surface area contributed by atoms with Gasteiger partial charge in [-0.25, -0.2) is 9.59 Å². The van der Waals surface area contributed by atoms with Crippen LogP contribution >= 0.6 is 63.7 Å². The molecule has 2 aliphatic carbocycles. The van der Waals surface area contributed by atoms with Crippen LogP contribution in [0.25, 0.3) is 0 Å². The number of aromatic hydroxyl groups is 2. The second-order valence-corrected chi connectivity index (χ2v) is 18.2. The van der Waals surface area contributed by atoms with Gasteiger partial charge in [0.1, 0.15) is 34.2 Å². The zero-order valence-electron chi connectivity index (χ0n) is 33.6. The van der Waals surface area contributed by atoms with Gasteiger partial charge in [-0.1, -0.05) is 80.4 Å². The topological polar surface area (TPSA) is 219 Å². The molecule has 0 aromatic heterocycles. The molecule has 6 aromatic rings. The predicted octanol–water partition coefficient (Wildman–Crippen LogP) is 7.95. The van der Waals surface area contributed by atoms with Crippen LogP contribution < -0.4 is 21.3 Å². The van der Waals surface area contributed by atoms with Gasteiger partial charge in [-0.15, -0.1) is 0 Å². The van der Waals surface area contributed by atoms with Crippen LogP contribution in [0.1, 0.15) is 74.8 Å². The molecule has 6 aromatic carbocycles. The average molecular weight is 1130 g/mol. The van der Waals surface area contributed by atoms with E-state index in [1.807, 2.05) is 24.3 Å². The lowest BCUT2D eigenvalue weighted by atomic mass is 9.82. The molecule has 65 heavy (non-hydrogen) atoms. The number of ether oxygens (including phenoxy) is 2. The van der Waals surface area contributed by atoms with Crippen LogP contribution in [-0.4, -0.2) is 65.4 Å². The molecule has 0 unspecified atom stereocenters. The Kier molecular flexibility index (Phi) is 13.5. The van der Waals surface area contributed by atoms with Gasteiger partial charge >= 0.3 is 12.2 Å². The van der Waals surface area contributed by atoms with Crippen LogP contribution in [0, 0.1) is 0 Å². The monoisotopic (exact) mass is 1130 g/mol. The van der Waals surface area contributed by atoms with Gasteiger partial charge in [-0.2, -0.15) is 0 Å². The fourth-order valence-electron chi connectivity index (χ4n) is 7.67. The van der Waals surface area contributed by atoms with E-state index in [2.05, 4.69) is 74.4 Å². The number of fused-ring (bicyclic) bond motifs is 4. The molecule has 0 saturated heterocycles. The first-order valence-corrected chi connectivity index (χ1v) is 22.9. The first-order valence-electron chi connectivity index (χ1n) is 19.8. The summed E-state index contributed by atoms with van der Waals surface area (Å²) in [6, 6.07) is 26.3. The van der Waals surface area contributed by atoms with Crippen molar-refractivity contribution in [3.63, 3.8) is 0 Å². The third-order valence-corrected chi connectivity index (χ3v) is 13.6. The summed E-state index contributed by atoms with van der Waals surface area (Å²) < 4.78 is 13.5. The van der Waals surface area contributed by atoms with Gasteiger partial charge in [-0.05, 0) is 67.3 Å². The maximum Gasteiger partial charge on any atom is 0.408 e. The SMILES string of the molecule is O=C(NCNC(=O)OCCc1cc([NH2+]c2ccc(O)c3c2C(=O)c2ccccc2C3=O)c(Br)cc1Br)OCCc1cc([NH2+]c2ccc(O)c3c2C(=O)c2ccccc2C3=O)c(Br)cc1Br. The molecule has 14 nitrogen and oxygen atoms in total. The Bertz CT molecular complexity index is 2830. The van der Waals surface area contributed by atoms with Crippen molar-refractivity contribution in [1.82, 2.24) is 10.6 Å². The standard InChI is InChI=1S/C47H32Br4N4O10/c48-28-19-30(50)34(54-32-9-11-36(56)40-38(32)42(58)24-5-1-3-7-26(24)44(40)60)17-22(28)13-15-64-46(62)52-21-53-47(63)65-16-14-23-18-35(31(51)20-29(23)49)55-33-10-12-37(57)41-39(33)43(59)25-6-2-4-8-27(25)45(41)61/h1-12,17-20,54-57H,13-16,21H2,(H,52,62)(H,53,63)/p+2. The molecule has 2 amide bonds. The highest BCUT2D eigenvalue weighted by Crippen LogP contribution is 2.38. The van der Waals surface area contributed by atoms with Crippen molar-refractivity contribution < 1.29 is 59.1 Å². The van der Waals surface area contributed by atoms with E-state index < -0.39 is 23.8 Å². The second kappa shape index (κ2) is 19.2. The van der Waals surface area contributed by atoms with E-state index in [1.165, 1.54) is 12.1 Å². The number of rotatable bonds is 12. The molecule has 328 valence electrons. The van der Waals surface area contributed by atoms with Crippen molar-refractivity contribution in [3.05, 3.63) is 171 Å². The lowest BCUT2D eigenvalue weighted by molar-refractivity contribution is -0.480. The Morgan fingerprint density at radius 1 is 0.477 bits per heavy atom. The normalized spacial score (nSPS) is 12.5. The predicted molar refractivity (Wildman–Crippen MR) is 250 cm³/mol. The molecule has 0 spiro atoms. The van der Waals surface area contributed by atoms with Crippen LogP contribution in [0.15, 0.2) is 115 Å². The number of hydrogen-bond acceptors (Lipinski definition) is 10. The summed E-state index contributed by atoms with van der Waals surface area (Å²) in [7, 11) is 0. The van der Waals surface area contributed by atoms with E-state index >= 15 is 0 Å². The molecule has 0 heterocycles. The minimum Gasteiger partial charge on any atom is -0.507 e. The van der Waals surface area contributed by atoms with Crippen LogP contribution in [0.3, 0.4) is 0 Å². The van der Waals surface area contributed by atoms with E-state index in [0.29, 0.717) is 44.5 Å². The number of phenols is 2. The number of quaternary nitrogens is 2. The quantitative estimate of drug-likeness (QED) is 0.0394. The number of halogens is 4. The molecule has 0 atom stereocenters. The van der Waals surface area contributed by atoms with E-state index in [4.69, 9.17) is 9.47 Å². The molecule has 0 saturated carbocycles. The zero-order chi connectivity index (χ0) is 46.1. The summed E-state index contributed by atoms with van der Waals surface area (Å²) in [6.07, 6.45) is -0.968. The Hall–Kier alpha value is -6.02. The number of carbonyl (C=O) groups is 6. The van der Waals surface area contributed by atoms with E-state index in [9.17, 15) is 39.0 Å². The number of alkyl carbamates (subject to hydrolysis) is 2. The van der Waals surface area contributed by atoms with Crippen LogP contribution in [0.5, 0.6) is 11.5 Å². The largest absolute Gasteiger partial charge is 0.507 e. The van der Waals surface area contributed by atoms with Gasteiger partial charge in [0.05, 0.1) is 51.1 Å². The number of carbonyl (C=O) groups excluding carboxylic acids is 6. The highest BCUT2D eigenvalue weighted by molar-refractivity contribution is 9.11. The van der Waals surface area contributed by atoms with E-state index in [1.54, 1.807) is 71.3 Å². The smallest absolute Gasteiger partial charge is 0.408 e. The molecular formula is C47H34Br4N4O10+2. The number of hydrogen-bond donors (Lipinski definition) is 6. The van der Waals surface area contributed by atoms with Gasteiger partial charge < -0.3 is 30.3 Å². The molecule has 18 heteroatoms. The highest BCUT2D eigenvalue weighted by Gasteiger charge is 2.37. The minimum absolute atomic E-state index is 0.0204. The molecule has 8 rings (SSSR count). The van der Waals surface area contributed by atoms with Crippen molar-refractivity contribution in [3.8, 4) is 11.5 Å². The zero-order valence-corrected chi connectivity index (χ0v) is 39.9. The van der Waals surface area contributed by atoms with Crippen LogP contribution in [0.4, 0.5) is 32.3 Å². The van der Waals surface area contributed by atoms with Crippen molar-refractivity contribution in [2.45, 2.75) is 12.8 Å². The lowest BCUT2D eigenvalue weighted by Crippen LogP contribution is -2.72. The number of nitrogens with one attached hydrogen (secondary N) is 2. The molecule has 0 fully saturated rings. The number of nitrogens with two attached hydrogens (primary N) is 2. The number of phenolic OH excluding ortho intramolecular Hbond substituents is 2. The van der Waals surface area contributed by atoms with Gasteiger partial charge in [0, 0.05) is 68.3 Å². The van der Waals surface area contributed by atoms with Crippen LogP contribution in [0.2, 0.25) is 0 Å². The fraction of sp³-hybridized carbons (Fsp3) is 0.106. The summed E-state index contributed by atoms with van der Waals surface area (Å²) >= 11 is 14.2. The molecular weight excluding hydrogens is 1100 g/mol. The van der Waals surface area contributed by atoms with Gasteiger partial charge in [0.15, 0.2) is 11.6 Å². The van der Waals surface area contributed by atoms with Gasteiger partial charge in [0.2, 0.25) is 11.6 Å². The molecule has 2 aliphatic rings. The number of ketones is 4. The Balaban J connectivity index is 0.816. The molecule has 0 bridgehead atoms. The van der Waals surface area contributed by atoms with Crippen LogP contribution in [-0.2, 0) is 22.3 Å². The average Bonchev–Trinajstić information content (AvgIpc) is 3.28. The Labute approximate surface area is 403 Å². The Morgan fingerprint density at radius 2 is 0.831 bits per heavy atom. The van der Waals surface area contributed by atoms with Crippen molar-refractivity contribution in [2.75, 3.05) is 19.9 Å². The third kappa shape index (κ3) is 9.27. The second-order valence-electron chi connectivity index (χ2n) is 14.8. The maximum atomic E-state index is 13.6. The Morgan fingerprint density at radius 3 is 1.20 bits per heavy atom. The summed E-state index contributed by atoms with van der Waals surface area (Å²) in [5.41, 5.74) is 4.91. The van der Waals surface area contributed by atoms with Crippen molar-refractivity contribution in [2.24, 2.45) is 0 Å². The van der Waals surface area contributed by atoms with Gasteiger partial charge in [0.25, 0.3) is 0 Å². The first-order chi connectivity index (χ1) is 31.2. The van der Waals surface area contributed by atoms with E-state index in [0.717, 1.165) is 20.1 Å². The third-order valence-electron chi connectivity index (χ3n) is 10.8. The fourth-order valence-corrected chi connectivity index (χ4v) is 10.3. The summed E-state index contributed by atoms with van der Waals surface area (Å²) in [6.45, 7) is -0.314. The maximum absolute atomic E-state index is 13.6. The molecule has 8 N–H and O–H groups in total. The van der Waals surface area contributed by atoms with E-state index in [-0.39, 0.29) is 87.5 Å². The first kappa shape index (κ1) is 45.5. The van der Waals surface area contributed by atoms with Crippen molar-refractivity contribution in [1.29, 1.82) is 0 Å². The summed E-state index contributed by atoms with van der Waals surface area (Å²) in [5.74, 6) is -2.16. The highest BCUT2D eigenvalue weighted by atomic mass is 79.9. The lowest BCUT2D eigenvalue weighted by Gasteiger charge is -2.20. The van der Waals surface area contributed by atoms with Gasteiger partial charge in [-0.3, -0.25) is 29.8 Å². The molecule has 0 aliphatic heterocycles. The van der Waals surface area contributed by atoms with Crippen molar-refractivity contribution >= 4 is 122 Å². The minimum atomic E-state index is -0.780. The number of benzene rings is 6.